The molecule has 0 saturated heterocycles. The maximum atomic E-state index is 9.04. The van der Waals surface area contributed by atoms with Gasteiger partial charge in [0, 0.05) is 36.0 Å². The lowest BCUT2D eigenvalue weighted by molar-refractivity contribution is -0.134. The van der Waals surface area contributed by atoms with Crippen LogP contribution < -0.4 is 0 Å². The zero-order valence-corrected chi connectivity index (χ0v) is 18.1. The van der Waals surface area contributed by atoms with Crippen LogP contribution in [0.4, 0.5) is 0 Å². The summed E-state index contributed by atoms with van der Waals surface area (Å²) in [5, 5.41) is 18.4. The third kappa shape index (κ3) is 7.25. The summed E-state index contributed by atoms with van der Waals surface area (Å²) >= 11 is 7.49. The highest BCUT2D eigenvalue weighted by Crippen LogP contribution is 2.32. The number of aliphatic carboxylic acids is 1. The summed E-state index contributed by atoms with van der Waals surface area (Å²) in [6, 6.07) is 14.2. The molecule has 154 valence electrons. The molecule has 0 fully saturated rings. The number of carboxylic acids is 1. The van der Waals surface area contributed by atoms with Gasteiger partial charge in [0.1, 0.15) is 0 Å². The number of benzene rings is 2. The van der Waals surface area contributed by atoms with Crippen LogP contribution in [0.1, 0.15) is 19.4 Å². The van der Waals surface area contributed by atoms with Gasteiger partial charge in [-0.3, -0.25) is 9.69 Å². The topological polar surface area (TPSA) is 73.7 Å². The van der Waals surface area contributed by atoms with Crippen molar-refractivity contribution in [2.24, 2.45) is 0 Å². The number of rotatable bonds is 7. The highest BCUT2D eigenvalue weighted by Gasteiger charge is 2.08. The summed E-state index contributed by atoms with van der Waals surface area (Å²) in [7, 11) is 0. The SMILES string of the molecule is CC(=O)O.CCN(CC=Cc1ccc2c(-c3ccc(Cl)cc3)nsc2c1)CCO. The summed E-state index contributed by atoms with van der Waals surface area (Å²) in [6.07, 6.45) is 4.27. The molecule has 0 atom stereocenters. The Morgan fingerprint density at radius 3 is 2.55 bits per heavy atom. The Morgan fingerprint density at radius 1 is 1.24 bits per heavy atom. The second-order valence-electron chi connectivity index (χ2n) is 6.33. The van der Waals surface area contributed by atoms with E-state index in [-0.39, 0.29) is 6.61 Å². The second kappa shape index (κ2) is 11.7. The van der Waals surface area contributed by atoms with E-state index in [1.165, 1.54) is 27.2 Å². The first-order valence-electron chi connectivity index (χ1n) is 9.29. The van der Waals surface area contributed by atoms with Gasteiger partial charge < -0.3 is 10.2 Å². The van der Waals surface area contributed by atoms with E-state index in [9.17, 15) is 0 Å². The van der Waals surface area contributed by atoms with Crippen molar-refractivity contribution in [1.82, 2.24) is 9.27 Å². The maximum absolute atomic E-state index is 9.04. The van der Waals surface area contributed by atoms with E-state index in [1.807, 2.05) is 24.3 Å². The van der Waals surface area contributed by atoms with E-state index >= 15 is 0 Å². The molecule has 3 aromatic rings. The molecule has 2 aromatic carbocycles. The Hall–Kier alpha value is -2.25. The molecule has 29 heavy (non-hydrogen) atoms. The van der Waals surface area contributed by atoms with Crippen molar-refractivity contribution < 1.29 is 15.0 Å². The van der Waals surface area contributed by atoms with Gasteiger partial charge in [-0.25, -0.2) is 0 Å². The molecule has 1 aromatic heterocycles. The Bertz CT molecular complexity index is 950. The van der Waals surface area contributed by atoms with Gasteiger partial charge in [-0.2, -0.15) is 4.37 Å². The molecule has 0 saturated carbocycles. The fourth-order valence-corrected chi connectivity index (χ4v) is 3.70. The number of hydrogen-bond donors (Lipinski definition) is 2. The van der Waals surface area contributed by atoms with Crippen molar-refractivity contribution in [3.05, 3.63) is 59.1 Å². The van der Waals surface area contributed by atoms with Gasteiger partial charge in [0.2, 0.25) is 0 Å². The van der Waals surface area contributed by atoms with E-state index in [1.54, 1.807) is 0 Å². The fourth-order valence-electron chi connectivity index (χ4n) is 2.73. The molecule has 0 spiro atoms. The first-order valence-corrected chi connectivity index (χ1v) is 10.4. The number of aliphatic hydroxyl groups excluding tert-OH is 1. The third-order valence-corrected chi connectivity index (χ3v) is 5.21. The largest absolute Gasteiger partial charge is 0.481 e. The van der Waals surface area contributed by atoms with Gasteiger partial charge in [0.05, 0.1) is 17.0 Å². The van der Waals surface area contributed by atoms with Crippen LogP contribution >= 0.6 is 23.1 Å². The van der Waals surface area contributed by atoms with E-state index in [0.29, 0.717) is 6.54 Å². The number of aliphatic hydroxyl groups is 1. The van der Waals surface area contributed by atoms with Crippen molar-refractivity contribution in [2.45, 2.75) is 13.8 Å². The normalized spacial score (nSPS) is 11.1. The van der Waals surface area contributed by atoms with E-state index in [0.717, 1.165) is 36.3 Å². The molecule has 0 bridgehead atoms. The average molecular weight is 433 g/mol. The number of carboxylic acid groups (broad SMARTS) is 1. The summed E-state index contributed by atoms with van der Waals surface area (Å²) in [6.45, 7) is 5.86. The highest BCUT2D eigenvalue weighted by atomic mass is 35.5. The molecule has 3 rings (SSSR count). The van der Waals surface area contributed by atoms with Crippen LogP contribution in [0.2, 0.25) is 5.02 Å². The lowest BCUT2D eigenvalue weighted by Crippen LogP contribution is -2.26. The van der Waals surface area contributed by atoms with Crippen LogP contribution in [-0.2, 0) is 4.79 Å². The molecule has 2 N–H and O–H groups in total. The molecule has 5 nitrogen and oxygen atoms in total. The third-order valence-electron chi connectivity index (χ3n) is 4.15. The molecular weight excluding hydrogens is 408 g/mol. The number of aromatic nitrogens is 1. The first kappa shape index (κ1) is 23.0. The summed E-state index contributed by atoms with van der Waals surface area (Å²) in [4.78, 5) is 11.2. The van der Waals surface area contributed by atoms with Crippen LogP contribution in [0.25, 0.3) is 27.4 Å². The lowest BCUT2D eigenvalue weighted by atomic mass is 10.1. The Balaban J connectivity index is 0.000000687. The quantitative estimate of drug-likeness (QED) is 0.547. The molecule has 1 heterocycles. The molecule has 0 amide bonds. The Kier molecular flexibility index (Phi) is 9.28. The van der Waals surface area contributed by atoms with E-state index < -0.39 is 5.97 Å². The number of likely N-dealkylation sites (N-methyl/N-ethyl adjacent to an activating group) is 1. The van der Waals surface area contributed by atoms with Crippen LogP contribution in [-0.4, -0.2) is 51.7 Å². The van der Waals surface area contributed by atoms with Crippen LogP contribution in [0.5, 0.6) is 0 Å². The summed E-state index contributed by atoms with van der Waals surface area (Å²) in [5.74, 6) is -0.833. The van der Waals surface area contributed by atoms with Crippen molar-refractivity contribution >= 4 is 45.3 Å². The predicted octanol–water partition coefficient (Wildman–Crippen LogP) is 5.04. The molecule has 0 aliphatic carbocycles. The van der Waals surface area contributed by atoms with Crippen LogP contribution in [0.3, 0.4) is 0 Å². The van der Waals surface area contributed by atoms with Crippen LogP contribution in [0, 0.1) is 0 Å². The van der Waals surface area contributed by atoms with E-state index in [4.69, 9.17) is 26.6 Å². The summed E-state index contributed by atoms with van der Waals surface area (Å²) in [5.41, 5.74) is 3.26. The predicted molar refractivity (Wildman–Crippen MR) is 122 cm³/mol. The minimum atomic E-state index is -0.833. The molecule has 0 aliphatic heterocycles. The van der Waals surface area contributed by atoms with Crippen molar-refractivity contribution in [2.75, 3.05) is 26.2 Å². The fraction of sp³-hybridized carbons (Fsp3) is 0.273. The Morgan fingerprint density at radius 2 is 1.93 bits per heavy atom. The van der Waals surface area contributed by atoms with Gasteiger partial charge >= 0.3 is 0 Å². The van der Waals surface area contributed by atoms with Crippen molar-refractivity contribution in [1.29, 1.82) is 0 Å². The maximum Gasteiger partial charge on any atom is 0.300 e. The van der Waals surface area contributed by atoms with Crippen molar-refractivity contribution in [3.8, 4) is 11.3 Å². The van der Waals surface area contributed by atoms with Gasteiger partial charge in [0.25, 0.3) is 5.97 Å². The first-order chi connectivity index (χ1) is 13.9. The number of halogens is 1. The number of fused-ring (bicyclic) bond motifs is 1. The number of nitrogens with zero attached hydrogens (tertiary/aromatic N) is 2. The minimum absolute atomic E-state index is 0.196. The van der Waals surface area contributed by atoms with Gasteiger partial charge in [0.15, 0.2) is 0 Å². The van der Waals surface area contributed by atoms with Gasteiger partial charge in [-0.1, -0.05) is 54.9 Å². The van der Waals surface area contributed by atoms with Crippen molar-refractivity contribution in [3.63, 3.8) is 0 Å². The zero-order valence-electron chi connectivity index (χ0n) is 16.5. The zero-order chi connectivity index (χ0) is 21.2. The van der Waals surface area contributed by atoms with Crippen LogP contribution in [0.15, 0.2) is 48.5 Å². The molecule has 7 heteroatoms. The molecule has 0 unspecified atom stereocenters. The van der Waals surface area contributed by atoms with Gasteiger partial charge in [-0.15, -0.1) is 0 Å². The smallest absolute Gasteiger partial charge is 0.300 e. The molecular formula is C22H25ClN2O3S. The van der Waals surface area contributed by atoms with E-state index in [2.05, 4.69) is 46.5 Å². The second-order valence-corrected chi connectivity index (χ2v) is 7.57. The monoisotopic (exact) mass is 432 g/mol. The Labute approximate surface area is 180 Å². The standard InChI is InChI=1S/C20H21ClN2OS.C2H4O2/c1-2-23(12-13-24)11-3-4-15-5-10-18-19(14-15)25-22-20(18)16-6-8-17(21)9-7-16;1-2(3)4/h3-10,14,24H,2,11-13H2,1H3;1H3,(H,3,4). The molecule has 0 radical (unpaired) electrons. The average Bonchev–Trinajstić information content (AvgIpc) is 3.11. The highest BCUT2D eigenvalue weighted by molar-refractivity contribution is 7.13. The number of hydrogen-bond acceptors (Lipinski definition) is 5. The number of carbonyl (C=O) groups is 1. The van der Waals surface area contributed by atoms with Gasteiger partial charge in [-0.05, 0) is 41.8 Å². The summed E-state index contributed by atoms with van der Waals surface area (Å²) < 4.78 is 5.80. The minimum Gasteiger partial charge on any atom is -0.481 e. The lowest BCUT2D eigenvalue weighted by Gasteiger charge is -2.16. The molecule has 0 aliphatic rings.